The highest BCUT2D eigenvalue weighted by Crippen LogP contribution is 2.36. The molecule has 1 aromatic carbocycles. The number of nitro groups is 1. The number of allylic oxidation sites excluding steroid dienone is 1. The SMILES string of the molecule is CSC1=C(C#N)C(c2cccc([N+](=O)[O-])c2)CC(=O)N1. The van der Waals surface area contributed by atoms with Gasteiger partial charge in [0, 0.05) is 24.5 Å². The fraction of sp³-hybridized carbons (Fsp3) is 0.231. The van der Waals surface area contributed by atoms with Gasteiger partial charge in [0.25, 0.3) is 5.69 Å². The minimum atomic E-state index is -0.488. The Labute approximate surface area is 119 Å². The monoisotopic (exact) mass is 289 g/mol. The lowest BCUT2D eigenvalue weighted by atomic mass is 9.87. The number of rotatable bonds is 3. The fourth-order valence-corrected chi connectivity index (χ4v) is 2.74. The van der Waals surface area contributed by atoms with Gasteiger partial charge in [-0.3, -0.25) is 14.9 Å². The third kappa shape index (κ3) is 2.65. The molecule has 102 valence electrons. The van der Waals surface area contributed by atoms with Gasteiger partial charge in [-0.2, -0.15) is 5.26 Å². The molecule has 1 heterocycles. The average molecular weight is 289 g/mol. The Morgan fingerprint density at radius 3 is 2.90 bits per heavy atom. The normalized spacial score (nSPS) is 18.4. The summed E-state index contributed by atoms with van der Waals surface area (Å²) in [5.74, 6) is -0.624. The van der Waals surface area contributed by atoms with E-state index in [2.05, 4.69) is 11.4 Å². The predicted octanol–water partition coefficient (Wildman–Crippen LogP) is 2.30. The molecule has 0 spiro atoms. The average Bonchev–Trinajstić information content (AvgIpc) is 2.46. The number of benzene rings is 1. The molecule has 20 heavy (non-hydrogen) atoms. The molecule has 0 aromatic heterocycles. The molecular formula is C13H11N3O3S. The van der Waals surface area contributed by atoms with Crippen LogP contribution in [0.3, 0.4) is 0 Å². The zero-order valence-corrected chi connectivity index (χ0v) is 11.4. The number of non-ortho nitro benzene ring substituents is 1. The number of hydrogen-bond acceptors (Lipinski definition) is 5. The summed E-state index contributed by atoms with van der Waals surface area (Å²) in [6, 6.07) is 8.16. The van der Waals surface area contributed by atoms with Gasteiger partial charge in [-0.15, -0.1) is 11.8 Å². The molecule has 1 N–H and O–H groups in total. The molecule has 1 atom stereocenters. The second kappa shape index (κ2) is 5.75. The van der Waals surface area contributed by atoms with Gasteiger partial charge in [0.1, 0.15) is 0 Å². The van der Waals surface area contributed by atoms with Crippen molar-refractivity contribution in [2.75, 3.05) is 6.26 Å². The summed E-state index contributed by atoms with van der Waals surface area (Å²) in [5.41, 5.74) is 1.01. The molecule has 7 heteroatoms. The van der Waals surface area contributed by atoms with E-state index in [1.165, 1.54) is 23.9 Å². The van der Waals surface area contributed by atoms with E-state index in [0.29, 0.717) is 16.2 Å². The Bertz CT molecular complexity index is 649. The molecule has 1 aliphatic rings. The van der Waals surface area contributed by atoms with Crippen molar-refractivity contribution in [3.8, 4) is 6.07 Å². The largest absolute Gasteiger partial charge is 0.320 e. The van der Waals surface area contributed by atoms with Crippen molar-refractivity contribution in [3.05, 3.63) is 50.5 Å². The van der Waals surface area contributed by atoms with Crippen LogP contribution in [0.25, 0.3) is 0 Å². The van der Waals surface area contributed by atoms with Crippen LogP contribution >= 0.6 is 11.8 Å². The summed E-state index contributed by atoms with van der Waals surface area (Å²) in [5, 5.41) is 23.3. The number of nitrogens with one attached hydrogen (secondary N) is 1. The first-order chi connectivity index (χ1) is 9.56. The zero-order chi connectivity index (χ0) is 14.7. The van der Waals surface area contributed by atoms with Gasteiger partial charge >= 0.3 is 0 Å². The van der Waals surface area contributed by atoms with Crippen LogP contribution in [0.2, 0.25) is 0 Å². The molecule has 0 radical (unpaired) electrons. The van der Waals surface area contributed by atoms with E-state index in [-0.39, 0.29) is 18.0 Å². The first-order valence-electron chi connectivity index (χ1n) is 5.79. The van der Waals surface area contributed by atoms with Gasteiger partial charge in [-0.05, 0) is 11.8 Å². The van der Waals surface area contributed by atoms with Crippen molar-refractivity contribution >= 4 is 23.4 Å². The van der Waals surface area contributed by atoms with Crippen LogP contribution in [0.15, 0.2) is 34.9 Å². The number of hydrogen-bond donors (Lipinski definition) is 1. The molecule has 0 bridgehead atoms. The Hall–Kier alpha value is -2.33. The van der Waals surface area contributed by atoms with Crippen LogP contribution in [0.5, 0.6) is 0 Å². The summed E-state index contributed by atoms with van der Waals surface area (Å²) in [7, 11) is 0. The molecule has 1 unspecified atom stereocenters. The standard InChI is InChI=1S/C13H11N3O3S/c1-20-13-11(7-14)10(6-12(17)15-13)8-3-2-4-9(5-8)16(18)19/h2-5,10H,6H2,1H3,(H,15,17). The lowest BCUT2D eigenvalue weighted by Crippen LogP contribution is -2.30. The molecule has 0 saturated carbocycles. The number of nitrogens with zero attached hydrogens (tertiary/aromatic N) is 2. The van der Waals surface area contributed by atoms with Crippen molar-refractivity contribution < 1.29 is 9.72 Å². The first kappa shape index (κ1) is 14.1. The summed E-state index contributed by atoms with van der Waals surface area (Å²) in [6.07, 6.45) is 1.89. The predicted molar refractivity (Wildman–Crippen MR) is 74.8 cm³/mol. The Balaban J connectivity index is 2.50. The third-order valence-electron chi connectivity index (χ3n) is 3.04. The molecular weight excluding hydrogens is 278 g/mol. The zero-order valence-electron chi connectivity index (χ0n) is 10.6. The van der Waals surface area contributed by atoms with Crippen LogP contribution in [0.4, 0.5) is 5.69 Å². The Kier molecular flexibility index (Phi) is 4.05. The maximum Gasteiger partial charge on any atom is 0.269 e. The fourth-order valence-electron chi connectivity index (χ4n) is 2.12. The van der Waals surface area contributed by atoms with E-state index in [4.69, 9.17) is 0 Å². The summed E-state index contributed by atoms with van der Waals surface area (Å²) in [6.45, 7) is 0. The van der Waals surface area contributed by atoms with Crippen LogP contribution < -0.4 is 5.32 Å². The summed E-state index contributed by atoms with van der Waals surface area (Å²) >= 11 is 1.28. The molecule has 1 aromatic rings. The van der Waals surface area contributed by atoms with E-state index < -0.39 is 10.8 Å². The molecule has 0 fully saturated rings. The van der Waals surface area contributed by atoms with Gasteiger partial charge in [-0.25, -0.2) is 0 Å². The summed E-state index contributed by atoms with van der Waals surface area (Å²) < 4.78 is 0. The van der Waals surface area contributed by atoms with Gasteiger partial charge in [0.15, 0.2) is 0 Å². The van der Waals surface area contributed by atoms with Crippen molar-refractivity contribution in [3.63, 3.8) is 0 Å². The minimum absolute atomic E-state index is 0.0449. The van der Waals surface area contributed by atoms with E-state index in [1.54, 1.807) is 18.4 Å². The molecule has 1 aliphatic heterocycles. The van der Waals surface area contributed by atoms with Crippen molar-refractivity contribution in [1.29, 1.82) is 5.26 Å². The molecule has 1 amide bonds. The number of nitro benzene ring substituents is 1. The van der Waals surface area contributed by atoms with Gasteiger partial charge in [0.05, 0.1) is 21.6 Å². The van der Waals surface area contributed by atoms with E-state index >= 15 is 0 Å². The van der Waals surface area contributed by atoms with E-state index in [9.17, 15) is 20.2 Å². The number of amides is 1. The maximum absolute atomic E-state index is 11.7. The highest BCUT2D eigenvalue weighted by Gasteiger charge is 2.29. The van der Waals surface area contributed by atoms with Crippen LogP contribution in [-0.2, 0) is 4.79 Å². The molecule has 6 nitrogen and oxygen atoms in total. The smallest absolute Gasteiger partial charge is 0.269 e. The highest BCUT2D eigenvalue weighted by atomic mass is 32.2. The molecule has 0 saturated heterocycles. The third-order valence-corrected chi connectivity index (χ3v) is 3.77. The molecule has 0 aliphatic carbocycles. The highest BCUT2D eigenvalue weighted by molar-refractivity contribution is 8.02. The van der Waals surface area contributed by atoms with Crippen LogP contribution in [-0.4, -0.2) is 17.1 Å². The lowest BCUT2D eigenvalue weighted by molar-refractivity contribution is -0.384. The second-order valence-corrected chi connectivity index (χ2v) is 5.03. The van der Waals surface area contributed by atoms with Gasteiger partial charge in [0.2, 0.25) is 5.91 Å². The number of nitriles is 1. The molecule has 2 rings (SSSR count). The van der Waals surface area contributed by atoms with E-state index in [1.807, 2.05) is 0 Å². The number of carbonyl (C=O) groups is 1. The van der Waals surface area contributed by atoms with E-state index in [0.717, 1.165) is 0 Å². The minimum Gasteiger partial charge on any atom is -0.320 e. The van der Waals surface area contributed by atoms with Crippen LogP contribution in [0.1, 0.15) is 17.9 Å². The number of thioether (sulfide) groups is 1. The van der Waals surface area contributed by atoms with Crippen LogP contribution in [0, 0.1) is 21.4 Å². The van der Waals surface area contributed by atoms with Gasteiger partial charge in [-0.1, -0.05) is 12.1 Å². The second-order valence-electron chi connectivity index (χ2n) is 4.22. The van der Waals surface area contributed by atoms with Crippen molar-refractivity contribution in [2.24, 2.45) is 0 Å². The van der Waals surface area contributed by atoms with Gasteiger partial charge < -0.3 is 5.32 Å². The quantitative estimate of drug-likeness (QED) is 0.680. The topological polar surface area (TPSA) is 96.0 Å². The lowest BCUT2D eigenvalue weighted by Gasteiger charge is -2.24. The first-order valence-corrected chi connectivity index (χ1v) is 7.01. The van der Waals surface area contributed by atoms with Crippen molar-refractivity contribution in [1.82, 2.24) is 5.32 Å². The van der Waals surface area contributed by atoms with Crippen molar-refractivity contribution in [2.45, 2.75) is 12.3 Å². The maximum atomic E-state index is 11.7. The summed E-state index contributed by atoms with van der Waals surface area (Å²) in [4.78, 5) is 22.0. The Morgan fingerprint density at radius 2 is 2.30 bits per heavy atom. The number of carbonyl (C=O) groups excluding carboxylic acids is 1. The Morgan fingerprint density at radius 1 is 1.55 bits per heavy atom.